The monoisotopic (exact) mass is 314 g/mol. The summed E-state index contributed by atoms with van der Waals surface area (Å²) in [7, 11) is 2.36. The highest BCUT2D eigenvalue weighted by atomic mass is 16.5. The maximum atomic E-state index is 12.4. The predicted octanol–water partition coefficient (Wildman–Crippen LogP) is -0.852. The van der Waals surface area contributed by atoms with E-state index in [1.165, 1.54) is 32.4 Å². The van der Waals surface area contributed by atoms with Gasteiger partial charge in [-0.05, 0) is 12.1 Å². The van der Waals surface area contributed by atoms with Gasteiger partial charge in [0.2, 0.25) is 5.78 Å². The van der Waals surface area contributed by atoms with E-state index < -0.39 is 35.0 Å². The number of aliphatic carboxylic acids is 2. The lowest BCUT2D eigenvalue weighted by Gasteiger charge is -2.26. The molecule has 0 saturated heterocycles. The minimum absolute atomic E-state index is 0.151. The van der Waals surface area contributed by atoms with E-state index in [2.05, 4.69) is 0 Å². The van der Waals surface area contributed by atoms with Crippen LogP contribution in [0.1, 0.15) is 10.4 Å². The SMILES string of the molecule is COc1cccc(OC)c1C(=O)[C@](O)(C(=O)O)[C@@H](O)C(=O)O. The minimum Gasteiger partial charge on any atom is -0.496 e. The largest absolute Gasteiger partial charge is 0.496 e. The van der Waals surface area contributed by atoms with Gasteiger partial charge >= 0.3 is 11.9 Å². The molecule has 0 aliphatic carbocycles. The fourth-order valence-corrected chi connectivity index (χ4v) is 1.78. The molecule has 9 nitrogen and oxygen atoms in total. The highest BCUT2D eigenvalue weighted by Gasteiger charge is 2.55. The number of ether oxygens (including phenoxy) is 2. The summed E-state index contributed by atoms with van der Waals surface area (Å²) in [5, 5.41) is 37.2. The van der Waals surface area contributed by atoms with Gasteiger partial charge in [-0.3, -0.25) is 4.79 Å². The molecule has 0 fully saturated rings. The Bertz CT molecular complexity index is 587. The third-order valence-corrected chi connectivity index (χ3v) is 2.96. The van der Waals surface area contributed by atoms with E-state index in [1.807, 2.05) is 0 Å². The van der Waals surface area contributed by atoms with Gasteiger partial charge < -0.3 is 29.9 Å². The molecular weight excluding hydrogens is 300 g/mol. The number of ketones is 1. The minimum atomic E-state index is -3.60. The Morgan fingerprint density at radius 2 is 1.55 bits per heavy atom. The Morgan fingerprint density at radius 3 is 1.86 bits per heavy atom. The maximum absolute atomic E-state index is 12.4. The average molecular weight is 314 g/mol. The number of carboxylic acids is 2. The van der Waals surface area contributed by atoms with Crippen LogP contribution >= 0.6 is 0 Å². The van der Waals surface area contributed by atoms with E-state index in [0.29, 0.717) is 0 Å². The number of carbonyl (C=O) groups is 3. The van der Waals surface area contributed by atoms with E-state index >= 15 is 0 Å². The van der Waals surface area contributed by atoms with Crippen molar-refractivity contribution < 1.29 is 44.3 Å². The third kappa shape index (κ3) is 2.71. The van der Waals surface area contributed by atoms with E-state index in [0.717, 1.165) is 0 Å². The van der Waals surface area contributed by atoms with E-state index in [9.17, 15) is 24.6 Å². The maximum Gasteiger partial charge on any atom is 0.347 e. The molecule has 0 unspecified atom stereocenters. The number of carbonyl (C=O) groups excluding carboxylic acids is 1. The normalized spacial score (nSPS) is 14.5. The van der Waals surface area contributed by atoms with E-state index in [4.69, 9.17) is 19.7 Å². The van der Waals surface area contributed by atoms with Crippen LogP contribution in [0.2, 0.25) is 0 Å². The van der Waals surface area contributed by atoms with Crippen molar-refractivity contribution in [3.63, 3.8) is 0 Å². The molecular formula is C13H14O9. The Kier molecular flexibility index (Phi) is 5.07. The second-order valence-electron chi connectivity index (χ2n) is 4.18. The number of Topliss-reactive ketones (excluding diaryl/α,β-unsaturated/α-hetero) is 1. The third-order valence-electron chi connectivity index (χ3n) is 2.96. The predicted molar refractivity (Wildman–Crippen MR) is 70.1 cm³/mol. The van der Waals surface area contributed by atoms with Crippen molar-refractivity contribution in [2.45, 2.75) is 11.7 Å². The number of hydrogen-bond acceptors (Lipinski definition) is 7. The van der Waals surface area contributed by atoms with Gasteiger partial charge in [0.15, 0.2) is 6.10 Å². The molecule has 1 aromatic carbocycles. The van der Waals surface area contributed by atoms with Gasteiger partial charge in [-0.25, -0.2) is 9.59 Å². The molecule has 0 aromatic heterocycles. The first-order valence-corrected chi connectivity index (χ1v) is 5.84. The molecule has 2 atom stereocenters. The lowest BCUT2D eigenvalue weighted by molar-refractivity contribution is -0.175. The van der Waals surface area contributed by atoms with Gasteiger partial charge in [-0.15, -0.1) is 0 Å². The molecule has 4 N–H and O–H groups in total. The van der Waals surface area contributed by atoms with Crippen LogP contribution in [0.25, 0.3) is 0 Å². The summed E-state index contributed by atoms with van der Waals surface area (Å²) >= 11 is 0. The molecule has 0 saturated carbocycles. The summed E-state index contributed by atoms with van der Waals surface area (Å²) in [6, 6.07) is 4.00. The van der Waals surface area contributed by atoms with Crippen LogP contribution in [0, 0.1) is 0 Å². The molecule has 9 heteroatoms. The summed E-state index contributed by atoms with van der Waals surface area (Å²) in [6.07, 6.45) is -2.88. The molecule has 0 aliphatic rings. The number of benzene rings is 1. The van der Waals surface area contributed by atoms with Gasteiger partial charge in [0.25, 0.3) is 5.60 Å². The number of aliphatic hydroxyl groups is 2. The highest BCUT2D eigenvalue weighted by molar-refractivity contribution is 6.19. The van der Waals surface area contributed by atoms with Crippen molar-refractivity contribution in [2.24, 2.45) is 0 Å². The first-order chi connectivity index (χ1) is 10.2. The summed E-state index contributed by atoms with van der Waals surface area (Å²) in [5.74, 6) is -6.18. The molecule has 0 bridgehead atoms. The van der Waals surface area contributed by atoms with Crippen LogP contribution < -0.4 is 9.47 Å². The topological polar surface area (TPSA) is 151 Å². The van der Waals surface area contributed by atoms with Gasteiger partial charge in [-0.2, -0.15) is 0 Å². The quantitative estimate of drug-likeness (QED) is 0.372. The lowest BCUT2D eigenvalue weighted by atomic mass is 9.86. The van der Waals surface area contributed by atoms with Crippen molar-refractivity contribution in [1.82, 2.24) is 0 Å². The van der Waals surface area contributed by atoms with Gasteiger partial charge in [0.05, 0.1) is 14.2 Å². The fourth-order valence-electron chi connectivity index (χ4n) is 1.78. The number of rotatable bonds is 7. The molecule has 0 heterocycles. The molecule has 120 valence electrons. The number of methoxy groups -OCH3 is 2. The summed E-state index contributed by atoms with van der Waals surface area (Å²) < 4.78 is 9.78. The van der Waals surface area contributed by atoms with Crippen molar-refractivity contribution >= 4 is 17.7 Å². The smallest absolute Gasteiger partial charge is 0.347 e. The van der Waals surface area contributed by atoms with Crippen molar-refractivity contribution in [2.75, 3.05) is 14.2 Å². The van der Waals surface area contributed by atoms with Crippen molar-refractivity contribution in [1.29, 1.82) is 0 Å². The Morgan fingerprint density at radius 1 is 1.09 bits per heavy atom. The van der Waals surface area contributed by atoms with E-state index in [-0.39, 0.29) is 11.5 Å². The standard InChI is InChI=1S/C13H14O9/c1-21-6-4-3-5-7(22-2)8(6)9(14)13(20,12(18)19)10(15)11(16)17/h3-5,10,15,20H,1-2H3,(H,16,17)(H,18,19)/t10-,13+/m0/s1. The molecule has 0 spiro atoms. The Hall–Kier alpha value is -2.65. The second-order valence-corrected chi connectivity index (χ2v) is 4.18. The zero-order chi connectivity index (χ0) is 17.1. The molecule has 0 amide bonds. The second kappa shape index (κ2) is 6.41. The van der Waals surface area contributed by atoms with Crippen molar-refractivity contribution in [3.8, 4) is 11.5 Å². The van der Waals surface area contributed by atoms with Crippen LogP contribution in [0.5, 0.6) is 11.5 Å². The van der Waals surface area contributed by atoms with E-state index in [1.54, 1.807) is 0 Å². The van der Waals surface area contributed by atoms with Crippen LogP contribution in [0.15, 0.2) is 18.2 Å². The zero-order valence-electron chi connectivity index (χ0n) is 11.6. The molecule has 0 aliphatic heterocycles. The highest BCUT2D eigenvalue weighted by Crippen LogP contribution is 2.33. The number of carboxylic acid groups (broad SMARTS) is 2. The fraction of sp³-hybridized carbons (Fsp3) is 0.308. The molecule has 1 rings (SSSR count). The first-order valence-electron chi connectivity index (χ1n) is 5.84. The van der Waals surface area contributed by atoms with Crippen LogP contribution in [-0.2, 0) is 9.59 Å². The van der Waals surface area contributed by atoms with Gasteiger partial charge in [0.1, 0.15) is 17.1 Å². The van der Waals surface area contributed by atoms with Crippen LogP contribution in [0.4, 0.5) is 0 Å². The summed E-state index contributed by atoms with van der Waals surface area (Å²) in [5.41, 5.74) is -4.11. The molecule has 1 aromatic rings. The van der Waals surface area contributed by atoms with Crippen LogP contribution in [0.3, 0.4) is 0 Å². The lowest BCUT2D eigenvalue weighted by Crippen LogP contribution is -2.59. The van der Waals surface area contributed by atoms with Crippen LogP contribution in [-0.4, -0.2) is 64.1 Å². The Labute approximate surface area is 124 Å². The number of hydrogen-bond donors (Lipinski definition) is 4. The van der Waals surface area contributed by atoms with Crippen molar-refractivity contribution in [3.05, 3.63) is 23.8 Å². The average Bonchev–Trinajstić information content (AvgIpc) is 2.51. The number of aliphatic hydroxyl groups excluding tert-OH is 1. The first kappa shape index (κ1) is 17.4. The summed E-state index contributed by atoms with van der Waals surface area (Å²) in [6.45, 7) is 0. The molecule has 22 heavy (non-hydrogen) atoms. The Balaban J connectivity index is 3.57. The van der Waals surface area contributed by atoms with Gasteiger partial charge in [-0.1, -0.05) is 6.07 Å². The van der Waals surface area contributed by atoms with Gasteiger partial charge in [0, 0.05) is 0 Å². The summed E-state index contributed by atoms with van der Waals surface area (Å²) in [4.78, 5) is 34.4. The zero-order valence-corrected chi connectivity index (χ0v) is 11.6. The molecule has 0 radical (unpaired) electrons.